The van der Waals surface area contributed by atoms with Gasteiger partial charge in [-0.2, -0.15) is 0 Å². The van der Waals surface area contributed by atoms with Crippen LogP contribution in [-0.4, -0.2) is 4.98 Å². The van der Waals surface area contributed by atoms with Crippen molar-refractivity contribution >= 4 is 11.6 Å². The Kier molecular flexibility index (Phi) is 3.11. The quantitative estimate of drug-likeness (QED) is 0.813. The van der Waals surface area contributed by atoms with E-state index in [0.717, 1.165) is 6.20 Å². The predicted octanol–water partition coefficient (Wildman–Crippen LogP) is 2.27. The van der Waals surface area contributed by atoms with Crippen molar-refractivity contribution in [2.45, 2.75) is 13.0 Å². The molecule has 0 aliphatic rings. The zero-order valence-electron chi connectivity index (χ0n) is 6.40. The third kappa shape index (κ3) is 1.92. The maximum absolute atomic E-state index is 13.0. The molecule has 0 aromatic carbocycles. The summed E-state index contributed by atoms with van der Waals surface area (Å²) in [5.41, 5.74) is 4.41. The molecule has 0 saturated heterocycles. The van der Waals surface area contributed by atoms with Crippen LogP contribution in [-0.2, 0) is 6.54 Å². The monoisotopic (exact) mass is 210 g/mol. The van der Waals surface area contributed by atoms with Gasteiger partial charge in [-0.05, 0) is 0 Å². The Labute approximate surface area is 77.5 Å². The smallest absolute Gasteiger partial charge is 0.268 e. The highest BCUT2D eigenvalue weighted by atomic mass is 35.5. The van der Waals surface area contributed by atoms with Crippen molar-refractivity contribution in [3.63, 3.8) is 0 Å². The fraction of sp³-hybridized carbons (Fsp3) is 0.286. The molecule has 0 aliphatic carbocycles. The lowest BCUT2D eigenvalue weighted by molar-refractivity contribution is 0.146. The van der Waals surface area contributed by atoms with Gasteiger partial charge in [0, 0.05) is 12.7 Å². The summed E-state index contributed by atoms with van der Waals surface area (Å²) >= 11 is 5.39. The van der Waals surface area contributed by atoms with E-state index in [2.05, 4.69) is 4.98 Å². The molecule has 1 heterocycles. The van der Waals surface area contributed by atoms with Crippen LogP contribution in [0.25, 0.3) is 0 Å². The molecular weight excluding hydrogens is 205 g/mol. The lowest BCUT2D eigenvalue weighted by atomic mass is 10.2. The van der Waals surface area contributed by atoms with Crippen molar-refractivity contribution in [2.75, 3.05) is 0 Å². The van der Waals surface area contributed by atoms with Gasteiger partial charge in [0.15, 0.2) is 5.82 Å². The number of hydrogen-bond acceptors (Lipinski definition) is 2. The van der Waals surface area contributed by atoms with Gasteiger partial charge < -0.3 is 5.73 Å². The topological polar surface area (TPSA) is 38.9 Å². The molecule has 0 amide bonds. The van der Waals surface area contributed by atoms with Gasteiger partial charge in [0.25, 0.3) is 6.43 Å². The van der Waals surface area contributed by atoms with Crippen LogP contribution >= 0.6 is 11.6 Å². The van der Waals surface area contributed by atoms with Crippen molar-refractivity contribution in [2.24, 2.45) is 5.73 Å². The fourth-order valence-electron chi connectivity index (χ4n) is 0.809. The largest absolute Gasteiger partial charge is 0.325 e. The highest BCUT2D eigenvalue weighted by Gasteiger charge is 2.18. The first kappa shape index (κ1) is 10.3. The van der Waals surface area contributed by atoms with Gasteiger partial charge in [-0.3, -0.25) is 4.98 Å². The van der Waals surface area contributed by atoms with Crippen LogP contribution in [0.3, 0.4) is 0 Å². The summed E-state index contributed by atoms with van der Waals surface area (Å²) in [4.78, 5) is 3.50. The van der Waals surface area contributed by atoms with Gasteiger partial charge in [0.05, 0.1) is 16.3 Å². The molecule has 0 fully saturated rings. The van der Waals surface area contributed by atoms with Crippen LogP contribution in [0.2, 0.25) is 5.02 Å². The molecule has 1 aromatic rings. The maximum atomic E-state index is 13.0. The number of halogens is 4. The fourth-order valence-corrected chi connectivity index (χ4v) is 1.04. The Morgan fingerprint density at radius 2 is 2.15 bits per heavy atom. The minimum absolute atomic E-state index is 0.0727. The average molecular weight is 211 g/mol. The second-order valence-electron chi connectivity index (χ2n) is 2.29. The Balaban J connectivity index is 3.23. The lowest BCUT2D eigenvalue weighted by Gasteiger charge is -2.05. The van der Waals surface area contributed by atoms with E-state index in [1.54, 1.807) is 0 Å². The van der Waals surface area contributed by atoms with Gasteiger partial charge in [0.2, 0.25) is 0 Å². The van der Waals surface area contributed by atoms with Gasteiger partial charge in [-0.1, -0.05) is 11.6 Å². The van der Waals surface area contributed by atoms with Gasteiger partial charge in [0.1, 0.15) is 0 Å². The zero-order valence-corrected chi connectivity index (χ0v) is 7.15. The van der Waals surface area contributed by atoms with Gasteiger partial charge in [-0.15, -0.1) is 0 Å². The third-order valence-corrected chi connectivity index (χ3v) is 1.87. The summed E-state index contributed by atoms with van der Waals surface area (Å²) in [6.07, 6.45) is -2.18. The highest BCUT2D eigenvalue weighted by molar-refractivity contribution is 6.31. The molecule has 0 atom stereocenters. The molecule has 2 nitrogen and oxygen atoms in total. The van der Waals surface area contributed by atoms with Crippen LogP contribution in [0.1, 0.15) is 17.7 Å². The van der Waals surface area contributed by atoms with Crippen molar-refractivity contribution in [1.29, 1.82) is 0 Å². The molecule has 0 unspecified atom stereocenters. The summed E-state index contributed by atoms with van der Waals surface area (Å²) < 4.78 is 37.1. The second-order valence-corrected chi connectivity index (χ2v) is 2.67. The SMILES string of the molecule is NCc1ncc(C(F)F)c(F)c1Cl. The van der Waals surface area contributed by atoms with E-state index >= 15 is 0 Å². The van der Waals surface area contributed by atoms with Crippen LogP contribution in [0.4, 0.5) is 13.2 Å². The summed E-state index contributed by atoms with van der Waals surface area (Å²) in [5.74, 6) is -1.15. The van der Waals surface area contributed by atoms with E-state index in [1.807, 2.05) is 0 Å². The number of nitrogens with zero attached hydrogens (tertiary/aromatic N) is 1. The molecule has 0 bridgehead atoms. The number of rotatable bonds is 2. The number of alkyl halides is 2. The minimum Gasteiger partial charge on any atom is -0.325 e. The molecule has 0 saturated carbocycles. The van der Waals surface area contributed by atoms with E-state index in [-0.39, 0.29) is 12.2 Å². The number of aromatic nitrogens is 1. The first-order valence-corrected chi connectivity index (χ1v) is 3.76. The van der Waals surface area contributed by atoms with Gasteiger partial charge in [-0.25, -0.2) is 13.2 Å². The van der Waals surface area contributed by atoms with Crippen molar-refractivity contribution < 1.29 is 13.2 Å². The molecule has 2 N–H and O–H groups in total. The van der Waals surface area contributed by atoms with Gasteiger partial charge >= 0.3 is 0 Å². The second kappa shape index (κ2) is 3.93. The Hall–Kier alpha value is -0.810. The molecule has 13 heavy (non-hydrogen) atoms. The van der Waals surface area contributed by atoms with Crippen LogP contribution in [0, 0.1) is 5.82 Å². The Morgan fingerprint density at radius 1 is 1.54 bits per heavy atom. The predicted molar refractivity (Wildman–Crippen MR) is 42.1 cm³/mol. The van der Waals surface area contributed by atoms with E-state index in [1.165, 1.54) is 0 Å². The van der Waals surface area contributed by atoms with Crippen LogP contribution in [0.5, 0.6) is 0 Å². The van der Waals surface area contributed by atoms with Crippen molar-refractivity contribution in [3.8, 4) is 0 Å². The molecule has 1 rings (SSSR count). The van der Waals surface area contributed by atoms with E-state index in [4.69, 9.17) is 17.3 Å². The van der Waals surface area contributed by atoms with E-state index in [0.29, 0.717) is 0 Å². The normalized spacial score (nSPS) is 10.9. The summed E-state index contributed by atoms with van der Waals surface area (Å²) in [6.45, 7) is -0.0841. The third-order valence-electron chi connectivity index (χ3n) is 1.49. The van der Waals surface area contributed by atoms with Crippen LogP contribution < -0.4 is 5.73 Å². The Bertz CT molecular complexity index is 317. The van der Waals surface area contributed by atoms with Crippen molar-refractivity contribution in [1.82, 2.24) is 4.98 Å². The molecule has 72 valence electrons. The standard InChI is InChI=1S/C7H6ClF3N2/c8-5-4(1-12)13-2-3(6(5)9)7(10)11/h2,7H,1,12H2. The first-order valence-electron chi connectivity index (χ1n) is 3.39. The molecular formula is C7H6ClF3N2. The first-order chi connectivity index (χ1) is 6.07. The molecule has 1 aromatic heterocycles. The van der Waals surface area contributed by atoms with Crippen molar-refractivity contribution in [3.05, 3.63) is 28.3 Å². The number of pyridine rings is 1. The molecule has 6 heteroatoms. The Morgan fingerprint density at radius 3 is 2.62 bits per heavy atom. The number of nitrogens with two attached hydrogens (primary N) is 1. The van der Waals surface area contributed by atoms with E-state index < -0.39 is 22.8 Å². The summed E-state index contributed by atoms with van der Waals surface area (Å²) in [6, 6.07) is 0. The van der Waals surface area contributed by atoms with E-state index in [9.17, 15) is 13.2 Å². The highest BCUT2D eigenvalue weighted by Crippen LogP contribution is 2.27. The van der Waals surface area contributed by atoms with Crippen LogP contribution in [0.15, 0.2) is 6.20 Å². The summed E-state index contributed by atoms with van der Waals surface area (Å²) in [5, 5.41) is -0.430. The molecule has 0 radical (unpaired) electrons. The minimum atomic E-state index is -2.92. The molecule has 0 spiro atoms. The maximum Gasteiger partial charge on any atom is 0.268 e. The number of hydrogen-bond donors (Lipinski definition) is 1. The lowest BCUT2D eigenvalue weighted by Crippen LogP contribution is -2.04. The summed E-state index contributed by atoms with van der Waals surface area (Å²) in [7, 11) is 0. The average Bonchev–Trinajstić information content (AvgIpc) is 2.09. The zero-order chi connectivity index (χ0) is 10.0. The molecule has 0 aliphatic heterocycles.